The fourth-order valence-corrected chi connectivity index (χ4v) is 4.19. The zero-order chi connectivity index (χ0) is 23.2. The first-order valence-electron chi connectivity index (χ1n) is 11.0. The number of fused-ring (bicyclic) bond motifs is 1. The van der Waals surface area contributed by atoms with Crippen molar-refractivity contribution < 1.29 is 19.1 Å². The molecule has 0 spiro atoms. The van der Waals surface area contributed by atoms with Crippen LogP contribution in [0.25, 0.3) is 0 Å². The van der Waals surface area contributed by atoms with Gasteiger partial charge >= 0.3 is 0 Å². The Bertz CT molecular complexity index is 1090. The zero-order valence-corrected chi connectivity index (χ0v) is 18.9. The Morgan fingerprint density at radius 3 is 2.36 bits per heavy atom. The van der Waals surface area contributed by atoms with Crippen LogP contribution in [0.5, 0.6) is 17.2 Å². The van der Waals surface area contributed by atoms with Crippen LogP contribution >= 0.6 is 0 Å². The van der Waals surface area contributed by atoms with Gasteiger partial charge in [0.1, 0.15) is 11.9 Å². The van der Waals surface area contributed by atoms with Gasteiger partial charge in [-0.15, -0.1) is 0 Å². The fourth-order valence-electron chi connectivity index (χ4n) is 4.19. The molecule has 33 heavy (non-hydrogen) atoms. The van der Waals surface area contributed by atoms with E-state index in [1.165, 1.54) is 5.56 Å². The topological polar surface area (TPSA) is 74.1 Å². The molecular formula is C26H28N2O5. The first kappa shape index (κ1) is 22.6. The van der Waals surface area contributed by atoms with Crippen LogP contribution in [0.2, 0.25) is 0 Å². The van der Waals surface area contributed by atoms with Crippen molar-refractivity contribution in [2.45, 2.75) is 18.9 Å². The maximum absolute atomic E-state index is 10.9. The average molecular weight is 449 g/mol. The lowest BCUT2D eigenvalue weighted by atomic mass is 10.00. The summed E-state index contributed by atoms with van der Waals surface area (Å²) < 4.78 is 17.5. The number of nitro benzene ring substituents is 1. The summed E-state index contributed by atoms with van der Waals surface area (Å²) in [6, 6.07) is 20.7. The van der Waals surface area contributed by atoms with Crippen molar-refractivity contribution in [3.8, 4) is 17.2 Å². The molecule has 0 saturated heterocycles. The van der Waals surface area contributed by atoms with E-state index in [9.17, 15) is 10.1 Å². The van der Waals surface area contributed by atoms with Gasteiger partial charge in [-0.05, 0) is 48.2 Å². The first-order valence-corrected chi connectivity index (χ1v) is 11.0. The van der Waals surface area contributed by atoms with Crippen molar-refractivity contribution in [3.05, 3.63) is 93.5 Å². The molecule has 1 atom stereocenters. The van der Waals surface area contributed by atoms with Gasteiger partial charge in [-0.2, -0.15) is 0 Å². The van der Waals surface area contributed by atoms with E-state index < -0.39 is 0 Å². The number of nitrogens with zero attached hydrogens (tertiary/aromatic N) is 2. The summed E-state index contributed by atoms with van der Waals surface area (Å²) in [5.41, 5.74) is 3.48. The van der Waals surface area contributed by atoms with Gasteiger partial charge in [0.05, 0.1) is 19.1 Å². The van der Waals surface area contributed by atoms with Crippen molar-refractivity contribution in [3.63, 3.8) is 0 Å². The second-order valence-corrected chi connectivity index (χ2v) is 8.05. The van der Waals surface area contributed by atoms with Gasteiger partial charge in [0.15, 0.2) is 11.5 Å². The molecule has 0 aromatic heterocycles. The van der Waals surface area contributed by atoms with Crippen molar-refractivity contribution in [2.75, 3.05) is 33.9 Å². The van der Waals surface area contributed by atoms with Crippen LogP contribution in [0.15, 0.2) is 66.7 Å². The Morgan fingerprint density at radius 2 is 1.70 bits per heavy atom. The van der Waals surface area contributed by atoms with Gasteiger partial charge in [0.2, 0.25) is 0 Å². The quantitative estimate of drug-likeness (QED) is 0.363. The molecule has 0 saturated carbocycles. The Balaban J connectivity index is 1.55. The highest BCUT2D eigenvalue weighted by molar-refractivity contribution is 5.49. The third kappa shape index (κ3) is 5.43. The van der Waals surface area contributed by atoms with E-state index in [-0.39, 0.29) is 16.7 Å². The van der Waals surface area contributed by atoms with Gasteiger partial charge in [-0.1, -0.05) is 30.3 Å². The second-order valence-electron chi connectivity index (χ2n) is 8.05. The lowest BCUT2D eigenvalue weighted by molar-refractivity contribution is -0.384. The highest BCUT2D eigenvalue weighted by atomic mass is 16.6. The number of rotatable bonds is 8. The van der Waals surface area contributed by atoms with E-state index in [0.717, 1.165) is 49.4 Å². The average Bonchev–Trinajstić information content (AvgIpc) is 3.01. The molecule has 0 bridgehead atoms. The fraction of sp³-hybridized carbons (Fsp3) is 0.308. The van der Waals surface area contributed by atoms with Crippen LogP contribution < -0.4 is 14.2 Å². The molecule has 0 radical (unpaired) electrons. The highest BCUT2D eigenvalue weighted by Crippen LogP contribution is 2.37. The van der Waals surface area contributed by atoms with E-state index in [2.05, 4.69) is 11.0 Å². The monoisotopic (exact) mass is 448 g/mol. The predicted octanol–water partition coefficient (Wildman–Crippen LogP) is 4.83. The maximum atomic E-state index is 10.9. The largest absolute Gasteiger partial charge is 0.493 e. The number of benzene rings is 3. The van der Waals surface area contributed by atoms with Gasteiger partial charge < -0.3 is 14.2 Å². The van der Waals surface area contributed by atoms with Gasteiger partial charge in [-0.25, -0.2) is 0 Å². The Morgan fingerprint density at radius 1 is 1.00 bits per heavy atom. The lowest BCUT2D eigenvalue weighted by Crippen LogP contribution is -2.32. The number of non-ortho nitro benzene ring substituents is 1. The second kappa shape index (κ2) is 10.4. The summed E-state index contributed by atoms with van der Waals surface area (Å²) in [6.07, 6.45) is 1.51. The summed E-state index contributed by atoms with van der Waals surface area (Å²) in [7, 11) is 3.29. The molecule has 4 rings (SSSR count). The van der Waals surface area contributed by atoms with Gasteiger partial charge in [0, 0.05) is 37.3 Å². The van der Waals surface area contributed by atoms with Crippen LogP contribution in [0.1, 0.15) is 22.8 Å². The van der Waals surface area contributed by atoms with Crippen LogP contribution in [-0.2, 0) is 12.8 Å². The number of hydrogen-bond donors (Lipinski definition) is 0. The zero-order valence-electron chi connectivity index (χ0n) is 18.9. The molecule has 7 nitrogen and oxygen atoms in total. The summed E-state index contributed by atoms with van der Waals surface area (Å²) in [4.78, 5) is 12.9. The molecular weight excluding hydrogens is 420 g/mol. The van der Waals surface area contributed by atoms with E-state index >= 15 is 0 Å². The number of para-hydroxylation sites is 1. The van der Waals surface area contributed by atoms with Crippen molar-refractivity contribution >= 4 is 5.69 Å². The van der Waals surface area contributed by atoms with Gasteiger partial charge in [0.25, 0.3) is 5.69 Å². The van der Waals surface area contributed by atoms with E-state index in [0.29, 0.717) is 11.5 Å². The minimum absolute atomic E-state index is 0.114. The summed E-state index contributed by atoms with van der Waals surface area (Å²) >= 11 is 0. The standard InChI is InChI=1S/C26H28N2O5/c1-31-24-16-20-13-15-27(14-12-19-8-10-21(11-9-19)28(29)30)18-26(23(20)17-25(24)32-2)33-22-6-4-3-5-7-22/h3-11,16-17,26H,12-15,18H2,1-2H3. The molecule has 1 aliphatic heterocycles. The number of hydrogen-bond acceptors (Lipinski definition) is 6. The summed E-state index contributed by atoms with van der Waals surface area (Å²) in [6.45, 7) is 2.43. The number of nitro groups is 1. The maximum Gasteiger partial charge on any atom is 0.269 e. The molecule has 7 heteroatoms. The van der Waals surface area contributed by atoms with Crippen LogP contribution in [0.4, 0.5) is 5.69 Å². The molecule has 3 aromatic rings. The van der Waals surface area contributed by atoms with Crippen LogP contribution in [0, 0.1) is 10.1 Å². The van der Waals surface area contributed by atoms with Gasteiger partial charge in [-0.3, -0.25) is 15.0 Å². The first-order chi connectivity index (χ1) is 16.1. The molecule has 1 heterocycles. The van der Waals surface area contributed by atoms with Crippen molar-refractivity contribution in [1.82, 2.24) is 4.90 Å². The predicted molar refractivity (Wildman–Crippen MR) is 126 cm³/mol. The third-order valence-corrected chi connectivity index (χ3v) is 6.00. The SMILES string of the molecule is COc1cc2c(cc1OC)C(Oc1ccccc1)CN(CCc1ccc([N+](=O)[O-])cc1)CC2. The Labute approximate surface area is 193 Å². The van der Waals surface area contributed by atoms with E-state index in [4.69, 9.17) is 14.2 Å². The lowest BCUT2D eigenvalue weighted by Gasteiger charge is -2.26. The van der Waals surface area contributed by atoms with Crippen molar-refractivity contribution in [1.29, 1.82) is 0 Å². The summed E-state index contributed by atoms with van der Waals surface area (Å²) in [5.74, 6) is 2.23. The minimum Gasteiger partial charge on any atom is -0.493 e. The Kier molecular flexibility index (Phi) is 7.10. The smallest absolute Gasteiger partial charge is 0.269 e. The minimum atomic E-state index is -0.371. The molecule has 0 aliphatic carbocycles. The molecule has 172 valence electrons. The molecule has 1 unspecified atom stereocenters. The molecule has 1 aliphatic rings. The molecule has 0 amide bonds. The van der Waals surface area contributed by atoms with E-state index in [1.807, 2.05) is 48.5 Å². The van der Waals surface area contributed by atoms with Crippen LogP contribution in [-0.4, -0.2) is 43.7 Å². The summed E-state index contributed by atoms with van der Waals surface area (Å²) in [5, 5.41) is 10.9. The molecule has 3 aromatic carbocycles. The van der Waals surface area contributed by atoms with Crippen LogP contribution in [0.3, 0.4) is 0 Å². The Hall–Kier alpha value is -3.58. The number of ether oxygens (including phenoxy) is 3. The molecule has 0 fully saturated rings. The third-order valence-electron chi connectivity index (χ3n) is 6.00. The highest BCUT2D eigenvalue weighted by Gasteiger charge is 2.27. The van der Waals surface area contributed by atoms with Crippen molar-refractivity contribution in [2.24, 2.45) is 0 Å². The molecule has 0 N–H and O–H groups in total. The number of methoxy groups -OCH3 is 2. The normalized spacial score (nSPS) is 15.9. The van der Waals surface area contributed by atoms with E-state index in [1.54, 1.807) is 26.4 Å².